The van der Waals surface area contributed by atoms with E-state index >= 15 is 0 Å². The van der Waals surface area contributed by atoms with Crippen LogP contribution in [0.1, 0.15) is 26.7 Å². The summed E-state index contributed by atoms with van der Waals surface area (Å²) in [5.41, 5.74) is 0. The molecular formula is C16H26OSi. The highest BCUT2D eigenvalue weighted by Gasteiger charge is 2.33. The first-order valence-electron chi connectivity index (χ1n) is 7.20. The Morgan fingerprint density at radius 2 is 1.83 bits per heavy atom. The zero-order chi connectivity index (χ0) is 13.2. The maximum absolute atomic E-state index is 6.21. The van der Waals surface area contributed by atoms with E-state index < -0.39 is 8.07 Å². The third-order valence-electron chi connectivity index (χ3n) is 4.18. The molecule has 0 spiro atoms. The summed E-state index contributed by atoms with van der Waals surface area (Å²) in [4.78, 5) is 0. The predicted molar refractivity (Wildman–Crippen MR) is 81.1 cm³/mol. The number of hydrogen-bond acceptors (Lipinski definition) is 1. The van der Waals surface area contributed by atoms with Gasteiger partial charge in [0.05, 0.1) is 20.3 Å². The fraction of sp³-hybridized carbons (Fsp3) is 0.625. The van der Waals surface area contributed by atoms with Gasteiger partial charge in [0.1, 0.15) is 0 Å². The average Bonchev–Trinajstić information content (AvgIpc) is 2.78. The van der Waals surface area contributed by atoms with E-state index in [4.69, 9.17) is 4.74 Å². The lowest BCUT2D eigenvalue weighted by atomic mass is 10.0. The molecule has 0 bridgehead atoms. The summed E-state index contributed by atoms with van der Waals surface area (Å²) >= 11 is 0. The van der Waals surface area contributed by atoms with E-state index in [9.17, 15) is 0 Å². The Morgan fingerprint density at radius 3 is 2.39 bits per heavy atom. The lowest BCUT2D eigenvalue weighted by Gasteiger charge is -2.27. The fourth-order valence-electron chi connectivity index (χ4n) is 2.95. The van der Waals surface area contributed by atoms with Crippen LogP contribution in [0.15, 0.2) is 30.3 Å². The normalized spacial score (nSPS) is 24.7. The summed E-state index contributed by atoms with van der Waals surface area (Å²) in [5.74, 6) is 0.663. The van der Waals surface area contributed by atoms with Gasteiger partial charge in [-0.3, -0.25) is 0 Å². The van der Waals surface area contributed by atoms with E-state index in [1.165, 1.54) is 18.9 Å². The second-order valence-corrected chi connectivity index (χ2v) is 11.3. The van der Waals surface area contributed by atoms with Crippen LogP contribution in [0.4, 0.5) is 0 Å². The molecule has 0 N–H and O–H groups in total. The largest absolute Gasteiger partial charge is 0.375 e. The van der Waals surface area contributed by atoms with Crippen molar-refractivity contribution < 1.29 is 4.74 Å². The first-order chi connectivity index (χ1) is 8.49. The Morgan fingerprint density at radius 1 is 1.17 bits per heavy atom. The Bertz CT molecular complexity index is 372. The van der Waals surface area contributed by atoms with Crippen molar-refractivity contribution in [3.05, 3.63) is 30.3 Å². The second-order valence-electron chi connectivity index (χ2n) is 6.57. The van der Waals surface area contributed by atoms with Crippen molar-refractivity contribution in [2.75, 3.05) is 0 Å². The zero-order valence-electron chi connectivity index (χ0n) is 12.1. The first kappa shape index (κ1) is 13.8. The summed E-state index contributed by atoms with van der Waals surface area (Å²) in [6.45, 7) is 9.47. The molecule has 0 unspecified atom stereocenters. The molecule has 0 amide bonds. The van der Waals surface area contributed by atoms with E-state index in [1.54, 1.807) is 5.19 Å². The van der Waals surface area contributed by atoms with Crippen molar-refractivity contribution >= 4 is 13.3 Å². The first-order valence-corrected chi connectivity index (χ1v) is 10.4. The maximum Gasteiger partial charge on any atom is 0.0831 e. The molecule has 1 heterocycles. The molecule has 2 rings (SSSR count). The van der Waals surface area contributed by atoms with Crippen LogP contribution in [0.5, 0.6) is 0 Å². The summed E-state index contributed by atoms with van der Waals surface area (Å²) < 4.78 is 6.21. The zero-order valence-corrected chi connectivity index (χ0v) is 13.1. The van der Waals surface area contributed by atoms with Crippen LogP contribution in [0, 0.1) is 5.92 Å². The van der Waals surface area contributed by atoms with Gasteiger partial charge in [0, 0.05) is 0 Å². The molecule has 0 saturated carbocycles. The topological polar surface area (TPSA) is 9.23 Å². The van der Waals surface area contributed by atoms with Gasteiger partial charge in [-0.2, -0.15) is 0 Å². The Hall–Kier alpha value is -0.603. The van der Waals surface area contributed by atoms with Gasteiger partial charge in [-0.1, -0.05) is 62.5 Å². The summed E-state index contributed by atoms with van der Waals surface area (Å²) in [6, 6.07) is 12.3. The smallest absolute Gasteiger partial charge is 0.0831 e. The van der Waals surface area contributed by atoms with Crippen LogP contribution in [0.2, 0.25) is 19.1 Å². The Kier molecular flexibility index (Phi) is 4.28. The van der Waals surface area contributed by atoms with Gasteiger partial charge in [0.2, 0.25) is 0 Å². The Labute approximate surface area is 113 Å². The molecule has 0 radical (unpaired) electrons. The molecule has 100 valence electrons. The molecule has 1 nitrogen and oxygen atoms in total. The van der Waals surface area contributed by atoms with Crippen molar-refractivity contribution in [3.63, 3.8) is 0 Å². The quantitative estimate of drug-likeness (QED) is 0.750. The highest BCUT2D eigenvalue weighted by molar-refractivity contribution is 6.89. The van der Waals surface area contributed by atoms with Crippen LogP contribution >= 0.6 is 0 Å². The number of ether oxygens (including phenoxy) is 1. The standard InChI is InChI=1S/C16H26OSi/c1-13(2)16-11-10-14(17-16)12-18(3,4)15-8-6-5-7-9-15/h5-9,13-14,16H,10-12H2,1-4H3/t14-,16-/m1/s1. The monoisotopic (exact) mass is 262 g/mol. The third kappa shape index (κ3) is 3.24. The fourth-order valence-corrected chi connectivity index (χ4v) is 5.72. The number of hydrogen-bond donors (Lipinski definition) is 0. The lowest BCUT2D eigenvalue weighted by molar-refractivity contribution is 0.0283. The minimum Gasteiger partial charge on any atom is -0.375 e. The van der Waals surface area contributed by atoms with Crippen LogP contribution in [0.3, 0.4) is 0 Å². The molecule has 0 aliphatic carbocycles. The van der Waals surface area contributed by atoms with E-state index in [0.29, 0.717) is 18.1 Å². The third-order valence-corrected chi connectivity index (χ3v) is 7.55. The lowest BCUT2D eigenvalue weighted by Crippen LogP contribution is -2.44. The molecule has 1 fully saturated rings. The van der Waals surface area contributed by atoms with E-state index in [2.05, 4.69) is 57.3 Å². The van der Waals surface area contributed by atoms with Crippen LogP contribution in [0.25, 0.3) is 0 Å². The van der Waals surface area contributed by atoms with Crippen molar-refractivity contribution in [3.8, 4) is 0 Å². The molecule has 2 atom stereocenters. The highest BCUT2D eigenvalue weighted by Crippen LogP contribution is 2.30. The van der Waals surface area contributed by atoms with Crippen LogP contribution in [-0.4, -0.2) is 20.3 Å². The molecule has 1 aromatic rings. The molecule has 1 aliphatic heterocycles. The van der Waals surface area contributed by atoms with Gasteiger partial charge < -0.3 is 4.74 Å². The van der Waals surface area contributed by atoms with E-state index in [1.807, 2.05) is 0 Å². The number of benzene rings is 1. The predicted octanol–water partition coefficient (Wildman–Crippen LogP) is 3.81. The second kappa shape index (κ2) is 5.58. The molecule has 18 heavy (non-hydrogen) atoms. The molecular weight excluding hydrogens is 236 g/mol. The summed E-state index contributed by atoms with van der Waals surface area (Å²) in [5, 5.41) is 1.56. The van der Waals surface area contributed by atoms with Gasteiger partial charge in [-0.25, -0.2) is 0 Å². The minimum absolute atomic E-state index is 0.496. The van der Waals surface area contributed by atoms with Gasteiger partial charge in [-0.15, -0.1) is 0 Å². The van der Waals surface area contributed by atoms with Crippen molar-refractivity contribution in [2.24, 2.45) is 5.92 Å². The highest BCUT2D eigenvalue weighted by atomic mass is 28.3. The SMILES string of the molecule is CC(C)[C@H]1CC[C@H](C[Si](C)(C)c2ccccc2)O1. The number of rotatable bonds is 4. The van der Waals surface area contributed by atoms with Crippen molar-refractivity contribution in [1.29, 1.82) is 0 Å². The van der Waals surface area contributed by atoms with Gasteiger partial charge in [-0.05, 0) is 24.8 Å². The van der Waals surface area contributed by atoms with Gasteiger partial charge >= 0.3 is 0 Å². The summed E-state index contributed by atoms with van der Waals surface area (Å²) in [7, 11) is -1.33. The van der Waals surface area contributed by atoms with E-state index in [0.717, 1.165) is 0 Å². The molecule has 1 saturated heterocycles. The van der Waals surface area contributed by atoms with Gasteiger partial charge in [0.15, 0.2) is 0 Å². The van der Waals surface area contributed by atoms with Gasteiger partial charge in [0.25, 0.3) is 0 Å². The van der Waals surface area contributed by atoms with Crippen molar-refractivity contribution in [1.82, 2.24) is 0 Å². The van der Waals surface area contributed by atoms with E-state index in [-0.39, 0.29) is 0 Å². The maximum atomic E-state index is 6.21. The molecule has 1 aliphatic rings. The van der Waals surface area contributed by atoms with Crippen LogP contribution < -0.4 is 5.19 Å². The minimum atomic E-state index is -1.33. The summed E-state index contributed by atoms with van der Waals surface area (Å²) in [6.07, 6.45) is 3.50. The Balaban J connectivity index is 1.97. The van der Waals surface area contributed by atoms with Crippen LogP contribution in [-0.2, 0) is 4.74 Å². The van der Waals surface area contributed by atoms with Crippen molar-refractivity contribution in [2.45, 2.75) is 58.0 Å². The average molecular weight is 262 g/mol. The molecule has 0 aromatic heterocycles. The molecule has 2 heteroatoms. The molecule has 1 aromatic carbocycles.